The maximum absolute atomic E-state index is 12.5. The van der Waals surface area contributed by atoms with E-state index in [0.29, 0.717) is 0 Å². The third-order valence-corrected chi connectivity index (χ3v) is 4.46. The van der Waals surface area contributed by atoms with E-state index in [1.165, 1.54) is 0 Å². The van der Waals surface area contributed by atoms with Crippen molar-refractivity contribution in [2.24, 2.45) is 5.41 Å². The van der Waals surface area contributed by atoms with E-state index in [2.05, 4.69) is 10.6 Å². The van der Waals surface area contributed by atoms with Crippen LogP contribution in [-0.2, 0) is 9.59 Å². The highest BCUT2D eigenvalue weighted by Gasteiger charge is 2.37. The topological polar surface area (TPSA) is 58.2 Å². The quantitative estimate of drug-likeness (QED) is 0.838. The zero-order valence-corrected chi connectivity index (χ0v) is 14.0. The Balaban J connectivity index is 2.04. The summed E-state index contributed by atoms with van der Waals surface area (Å²) >= 11 is 0. The van der Waals surface area contributed by atoms with Crippen molar-refractivity contribution < 1.29 is 9.59 Å². The third-order valence-electron chi connectivity index (χ3n) is 4.46. The van der Waals surface area contributed by atoms with Gasteiger partial charge in [-0.3, -0.25) is 9.59 Å². The molecule has 1 fully saturated rings. The van der Waals surface area contributed by atoms with Gasteiger partial charge in [0, 0.05) is 11.7 Å². The summed E-state index contributed by atoms with van der Waals surface area (Å²) < 4.78 is 0. The summed E-state index contributed by atoms with van der Waals surface area (Å²) in [5.41, 5.74) is 1.83. The molecule has 2 amide bonds. The van der Waals surface area contributed by atoms with Crippen LogP contribution in [0, 0.1) is 19.3 Å². The van der Waals surface area contributed by atoms with Gasteiger partial charge in [0.1, 0.15) is 5.41 Å². The molecule has 0 bridgehead atoms. The standard InChI is InChI=1S/C18H26N2O2/c1-12-9-10-15(13(2)11-12)20-17(22)18(3,4)16(21)19-14-7-5-6-8-14/h9-11,14H,5-8H2,1-4H3,(H,19,21)(H,20,22). The Labute approximate surface area is 132 Å². The van der Waals surface area contributed by atoms with E-state index in [9.17, 15) is 9.59 Å². The molecule has 22 heavy (non-hydrogen) atoms. The van der Waals surface area contributed by atoms with Crippen LogP contribution in [0.2, 0.25) is 0 Å². The van der Waals surface area contributed by atoms with Crippen molar-refractivity contribution in [3.8, 4) is 0 Å². The van der Waals surface area contributed by atoms with Gasteiger partial charge in [0.25, 0.3) is 0 Å². The number of amides is 2. The molecule has 0 spiro atoms. The first-order chi connectivity index (χ1) is 10.3. The number of carbonyl (C=O) groups excluding carboxylic acids is 2. The van der Waals surface area contributed by atoms with Gasteiger partial charge < -0.3 is 10.6 Å². The van der Waals surface area contributed by atoms with Crippen molar-refractivity contribution in [1.29, 1.82) is 0 Å². The van der Waals surface area contributed by atoms with Crippen molar-refractivity contribution >= 4 is 17.5 Å². The molecule has 0 aliphatic heterocycles. The lowest BCUT2D eigenvalue weighted by Crippen LogP contribution is -2.48. The second-order valence-corrected chi connectivity index (χ2v) is 6.85. The van der Waals surface area contributed by atoms with E-state index in [1.54, 1.807) is 13.8 Å². The first-order valence-corrected chi connectivity index (χ1v) is 8.00. The highest BCUT2D eigenvalue weighted by molar-refractivity contribution is 6.10. The number of carbonyl (C=O) groups is 2. The zero-order valence-electron chi connectivity index (χ0n) is 14.0. The van der Waals surface area contributed by atoms with E-state index in [0.717, 1.165) is 42.5 Å². The van der Waals surface area contributed by atoms with Gasteiger partial charge in [0.2, 0.25) is 11.8 Å². The molecule has 0 unspecified atom stereocenters. The first kappa shape index (κ1) is 16.5. The lowest BCUT2D eigenvalue weighted by atomic mass is 9.90. The van der Waals surface area contributed by atoms with Crippen LogP contribution in [0.25, 0.3) is 0 Å². The van der Waals surface area contributed by atoms with Crippen molar-refractivity contribution in [3.63, 3.8) is 0 Å². The molecule has 1 aliphatic rings. The minimum absolute atomic E-state index is 0.193. The van der Waals surface area contributed by atoms with Crippen molar-refractivity contribution in [3.05, 3.63) is 29.3 Å². The van der Waals surface area contributed by atoms with E-state index >= 15 is 0 Å². The van der Waals surface area contributed by atoms with Crippen LogP contribution in [0.4, 0.5) is 5.69 Å². The maximum atomic E-state index is 12.5. The van der Waals surface area contributed by atoms with E-state index in [1.807, 2.05) is 32.0 Å². The molecule has 4 nitrogen and oxygen atoms in total. The second-order valence-electron chi connectivity index (χ2n) is 6.85. The number of anilines is 1. The normalized spacial score (nSPS) is 15.6. The Morgan fingerprint density at radius 1 is 1.09 bits per heavy atom. The fourth-order valence-electron chi connectivity index (χ4n) is 2.77. The summed E-state index contributed by atoms with van der Waals surface area (Å²) in [4.78, 5) is 24.9. The summed E-state index contributed by atoms with van der Waals surface area (Å²) in [6, 6.07) is 6.07. The number of hydrogen-bond donors (Lipinski definition) is 2. The average Bonchev–Trinajstić information content (AvgIpc) is 2.94. The number of benzene rings is 1. The molecular formula is C18H26N2O2. The van der Waals surface area contributed by atoms with Crippen molar-refractivity contribution in [2.75, 3.05) is 5.32 Å². The highest BCUT2D eigenvalue weighted by Crippen LogP contribution is 2.24. The molecule has 0 atom stereocenters. The van der Waals surface area contributed by atoms with Gasteiger partial charge in [-0.15, -0.1) is 0 Å². The van der Waals surface area contributed by atoms with Gasteiger partial charge in [-0.2, -0.15) is 0 Å². The van der Waals surface area contributed by atoms with Gasteiger partial charge in [-0.25, -0.2) is 0 Å². The predicted molar refractivity (Wildman–Crippen MR) is 88.7 cm³/mol. The molecule has 0 radical (unpaired) electrons. The Morgan fingerprint density at radius 2 is 1.73 bits per heavy atom. The molecule has 2 rings (SSSR count). The third kappa shape index (κ3) is 3.67. The molecule has 1 aliphatic carbocycles. The van der Waals surface area contributed by atoms with Crippen LogP contribution < -0.4 is 10.6 Å². The second kappa shape index (κ2) is 6.51. The minimum Gasteiger partial charge on any atom is -0.352 e. The van der Waals surface area contributed by atoms with Crippen LogP contribution >= 0.6 is 0 Å². The number of rotatable bonds is 4. The molecule has 0 aromatic heterocycles. The highest BCUT2D eigenvalue weighted by atomic mass is 16.2. The Morgan fingerprint density at radius 3 is 2.32 bits per heavy atom. The van der Waals surface area contributed by atoms with Crippen molar-refractivity contribution in [1.82, 2.24) is 5.32 Å². The molecule has 1 saturated carbocycles. The zero-order chi connectivity index (χ0) is 16.3. The summed E-state index contributed by atoms with van der Waals surface area (Å²) in [6.07, 6.45) is 4.33. The van der Waals surface area contributed by atoms with E-state index in [4.69, 9.17) is 0 Å². The molecular weight excluding hydrogens is 276 g/mol. The number of aryl methyl sites for hydroxylation is 2. The Bertz CT molecular complexity index is 572. The van der Waals surface area contributed by atoms with Gasteiger partial charge in [0.05, 0.1) is 0 Å². The molecule has 2 N–H and O–H groups in total. The monoisotopic (exact) mass is 302 g/mol. The van der Waals surface area contributed by atoms with Crippen LogP contribution in [0.5, 0.6) is 0 Å². The summed E-state index contributed by atoms with van der Waals surface area (Å²) in [5.74, 6) is -0.461. The van der Waals surface area contributed by atoms with Gasteiger partial charge in [-0.1, -0.05) is 30.5 Å². The maximum Gasteiger partial charge on any atom is 0.239 e. The van der Waals surface area contributed by atoms with Crippen LogP contribution in [0.15, 0.2) is 18.2 Å². The van der Waals surface area contributed by atoms with Crippen LogP contribution in [0.3, 0.4) is 0 Å². The largest absolute Gasteiger partial charge is 0.352 e. The number of hydrogen-bond acceptors (Lipinski definition) is 2. The molecule has 0 saturated heterocycles. The average molecular weight is 302 g/mol. The Hall–Kier alpha value is -1.84. The lowest BCUT2D eigenvalue weighted by Gasteiger charge is -2.25. The van der Waals surface area contributed by atoms with Crippen molar-refractivity contribution in [2.45, 2.75) is 59.4 Å². The molecule has 1 aromatic carbocycles. The molecule has 4 heteroatoms. The summed E-state index contributed by atoms with van der Waals surface area (Å²) in [7, 11) is 0. The number of nitrogens with one attached hydrogen (secondary N) is 2. The smallest absolute Gasteiger partial charge is 0.239 e. The van der Waals surface area contributed by atoms with Gasteiger partial charge in [-0.05, 0) is 52.2 Å². The molecule has 120 valence electrons. The predicted octanol–water partition coefficient (Wildman–Crippen LogP) is 3.33. The lowest BCUT2D eigenvalue weighted by molar-refractivity contribution is -0.138. The Kier molecular flexibility index (Phi) is 4.89. The van der Waals surface area contributed by atoms with Crippen LogP contribution in [-0.4, -0.2) is 17.9 Å². The van der Waals surface area contributed by atoms with Gasteiger partial charge in [0.15, 0.2) is 0 Å². The summed E-state index contributed by atoms with van der Waals surface area (Å²) in [6.45, 7) is 7.32. The molecule has 1 aromatic rings. The van der Waals surface area contributed by atoms with Gasteiger partial charge >= 0.3 is 0 Å². The fraction of sp³-hybridized carbons (Fsp3) is 0.556. The fourth-order valence-corrected chi connectivity index (χ4v) is 2.77. The SMILES string of the molecule is Cc1ccc(NC(=O)C(C)(C)C(=O)NC2CCCC2)c(C)c1. The van der Waals surface area contributed by atoms with E-state index in [-0.39, 0.29) is 17.9 Å². The van der Waals surface area contributed by atoms with E-state index < -0.39 is 5.41 Å². The first-order valence-electron chi connectivity index (χ1n) is 8.00. The molecule has 0 heterocycles. The summed E-state index contributed by atoms with van der Waals surface area (Å²) in [5, 5.41) is 5.89. The minimum atomic E-state index is -1.08. The van der Waals surface area contributed by atoms with Crippen LogP contribution in [0.1, 0.15) is 50.7 Å².